The van der Waals surface area contributed by atoms with E-state index in [4.69, 9.17) is 9.47 Å². The zero-order chi connectivity index (χ0) is 13.2. The lowest BCUT2D eigenvalue weighted by molar-refractivity contribution is -0.130. The third-order valence-corrected chi connectivity index (χ3v) is 3.54. The average Bonchev–Trinajstić information content (AvgIpc) is 3.08. The first-order valence-corrected chi connectivity index (χ1v) is 6.69. The molecule has 2 aliphatic heterocycles. The lowest BCUT2D eigenvalue weighted by Crippen LogP contribution is -2.39. The second-order valence-corrected chi connectivity index (χ2v) is 4.97. The number of likely N-dealkylation sites (tertiary alicyclic amines) is 1. The molecule has 2 heterocycles. The fraction of sp³-hybridized carbons (Fsp3) is 0.500. The number of rotatable bonds is 3. The molecule has 0 bridgehead atoms. The standard InChI is InChI=1S/C14H18N2O3/c1-10(14(17)16-6-2-3-7-16)15-11-4-5-12-13(8-11)19-9-18-12/h4-5,8,10,15H,2-3,6-7,9H2,1H3/t10-/m1/s1. The van der Waals surface area contributed by atoms with E-state index in [9.17, 15) is 4.79 Å². The molecular weight excluding hydrogens is 244 g/mol. The van der Waals surface area contributed by atoms with Crippen molar-refractivity contribution in [1.82, 2.24) is 4.90 Å². The predicted octanol–water partition coefficient (Wildman–Crippen LogP) is 1.84. The summed E-state index contributed by atoms with van der Waals surface area (Å²) in [5, 5.41) is 3.22. The van der Waals surface area contributed by atoms with Crippen molar-refractivity contribution in [2.75, 3.05) is 25.2 Å². The Morgan fingerprint density at radius 2 is 2.00 bits per heavy atom. The van der Waals surface area contributed by atoms with Crippen LogP contribution in [0.1, 0.15) is 19.8 Å². The Morgan fingerprint density at radius 3 is 2.79 bits per heavy atom. The van der Waals surface area contributed by atoms with Crippen molar-refractivity contribution in [3.05, 3.63) is 18.2 Å². The van der Waals surface area contributed by atoms with Gasteiger partial charge in [0.25, 0.3) is 0 Å². The maximum absolute atomic E-state index is 12.2. The van der Waals surface area contributed by atoms with E-state index >= 15 is 0 Å². The van der Waals surface area contributed by atoms with Gasteiger partial charge in [-0.2, -0.15) is 0 Å². The molecule has 0 saturated carbocycles. The van der Waals surface area contributed by atoms with Gasteiger partial charge in [-0.3, -0.25) is 4.79 Å². The van der Waals surface area contributed by atoms with Gasteiger partial charge in [-0.15, -0.1) is 0 Å². The average molecular weight is 262 g/mol. The molecular formula is C14H18N2O3. The number of fused-ring (bicyclic) bond motifs is 1. The Morgan fingerprint density at radius 1 is 1.26 bits per heavy atom. The van der Waals surface area contributed by atoms with Crippen LogP contribution in [0.25, 0.3) is 0 Å². The molecule has 19 heavy (non-hydrogen) atoms. The monoisotopic (exact) mass is 262 g/mol. The van der Waals surface area contributed by atoms with E-state index < -0.39 is 0 Å². The number of nitrogens with zero attached hydrogens (tertiary/aromatic N) is 1. The summed E-state index contributed by atoms with van der Waals surface area (Å²) < 4.78 is 10.6. The first-order chi connectivity index (χ1) is 9.24. The first kappa shape index (κ1) is 12.1. The van der Waals surface area contributed by atoms with Crippen LogP contribution >= 0.6 is 0 Å². The summed E-state index contributed by atoms with van der Waals surface area (Å²) in [6, 6.07) is 5.41. The van der Waals surface area contributed by atoms with Crippen molar-refractivity contribution in [2.45, 2.75) is 25.8 Å². The number of ether oxygens (including phenoxy) is 2. The molecule has 1 amide bonds. The second kappa shape index (κ2) is 4.99. The maximum Gasteiger partial charge on any atom is 0.244 e. The van der Waals surface area contributed by atoms with Gasteiger partial charge in [0.1, 0.15) is 6.04 Å². The van der Waals surface area contributed by atoms with Gasteiger partial charge in [0.05, 0.1) is 0 Å². The fourth-order valence-corrected chi connectivity index (χ4v) is 2.51. The number of amides is 1. The SMILES string of the molecule is C[C@@H](Nc1ccc2c(c1)OCO2)C(=O)N1CCCC1. The normalized spacial score (nSPS) is 18.5. The molecule has 0 aromatic heterocycles. The molecule has 1 aromatic carbocycles. The molecule has 1 N–H and O–H groups in total. The Labute approximate surface area is 112 Å². The number of nitrogens with one attached hydrogen (secondary N) is 1. The van der Waals surface area contributed by atoms with Crippen molar-refractivity contribution in [3.8, 4) is 11.5 Å². The molecule has 1 atom stereocenters. The van der Waals surface area contributed by atoms with E-state index in [1.54, 1.807) is 0 Å². The van der Waals surface area contributed by atoms with Gasteiger partial charge >= 0.3 is 0 Å². The van der Waals surface area contributed by atoms with Crippen molar-refractivity contribution in [3.63, 3.8) is 0 Å². The van der Waals surface area contributed by atoms with Crippen LogP contribution < -0.4 is 14.8 Å². The minimum atomic E-state index is -0.224. The molecule has 1 aromatic rings. The highest BCUT2D eigenvalue weighted by Crippen LogP contribution is 2.34. The molecule has 2 aliphatic rings. The molecule has 5 heteroatoms. The van der Waals surface area contributed by atoms with Crippen molar-refractivity contribution < 1.29 is 14.3 Å². The van der Waals surface area contributed by atoms with Crippen molar-refractivity contribution in [2.24, 2.45) is 0 Å². The smallest absolute Gasteiger partial charge is 0.244 e. The van der Waals surface area contributed by atoms with Gasteiger partial charge in [-0.1, -0.05) is 0 Å². The molecule has 1 fully saturated rings. The lowest BCUT2D eigenvalue weighted by Gasteiger charge is -2.21. The Hall–Kier alpha value is -1.91. The highest BCUT2D eigenvalue weighted by Gasteiger charge is 2.23. The molecule has 3 rings (SSSR count). The zero-order valence-electron chi connectivity index (χ0n) is 11.0. The zero-order valence-corrected chi connectivity index (χ0v) is 11.0. The number of hydrogen-bond donors (Lipinski definition) is 1. The molecule has 5 nitrogen and oxygen atoms in total. The van der Waals surface area contributed by atoms with E-state index in [-0.39, 0.29) is 18.7 Å². The highest BCUT2D eigenvalue weighted by atomic mass is 16.7. The minimum absolute atomic E-state index is 0.162. The number of carbonyl (C=O) groups is 1. The number of anilines is 1. The van der Waals surface area contributed by atoms with Crippen LogP contribution in [0.5, 0.6) is 11.5 Å². The quantitative estimate of drug-likeness (QED) is 0.903. The van der Waals surface area contributed by atoms with Crippen LogP contribution in [0, 0.1) is 0 Å². The van der Waals surface area contributed by atoms with E-state index in [0.717, 1.165) is 43.1 Å². The van der Waals surface area contributed by atoms with Gasteiger partial charge in [0.15, 0.2) is 11.5 Å². The van der Waals surface area contributed by atoms with E-state index in [1.807, 2.05) is 30.0 Å². The third-order valence-electron chi connectivity index (χ3n) is 3.54. The van der Waals surface area contributed by atoms with Gasteiger partial charge in [-0.25, -0.2) is 0 Å². The molecule has 0 spiro atoms. The molecule has 1 saturated heterocycles. The van der Waals surface area contributed by atoms with E-state index in [1.165, 1.54) is 0 Å². The first-order valence-electron chi connectivity index (χ1n) is 6.69. The Bertz CT molecular complexity index is 484. The summed E-state index contributed by atoms with van der Waals surface area (Å²) in [5.74, 6) is 1.64. The summed E-state index contributed by atoms with van der Waals surface area (Å²) in [6.45, 7) is 3.92. The number of hydrogen-bond acceptors (Lipinski definition) is 4. The largest absolute Gasteiger partial charge is 0.454 e. The van der Waals surface area contributed by atoms with Crippen LogP contribution in [0.15, 0.2) is 18.2 Å². The maximum atomic E-state index is 12.2. The Balaban J connectivity index is 1.65. The molecule has 0 unspecified atom stereocenters. The van der Waals surface area contributed by atoms with E-state index in [2.05, 4.69) is 5.32 Å². The molecule has 102 valence electrons. The van der Waals surface area contributed by atoms with Crippen LogP contribution in [-0.2, 0) is 4.79 Å². The summed E-state index contributed by atoms with van der Waals surface area (Å²) in [6.07, 6.45) is 2.23. The lowest BCUT2D eigenvalue weighted by atomic mass is 10.2. The summed E-state index contributed by atoms with van der Waals surface area (Å²) in [5.41, 5.74) is 0.879. The van der Waals surface area contributed by atoms with Crippen molar-refractivity contribution in [1.29, 1.82) is 0 Å². The number of benzene rings is 1. The number of carbonyl (C=O) groups excluding carboxylic acids is 1. The molecule has 0 aliphatic carbocycles. The van der Waals surface area contributed by atoms with Crippen molar-refractivity contribution >= 4 is 11.6 Å². The predicted molar refractivity (Wildman–Crippen MR) is 71.5 cm³/mol. The van der Waals surface area contributed by atoms with Crippen LogP contribution in [0.2, 0.25) is 0 Å². The van der Waals surface area contributed by atoms with Gasteiger partial charge in [-0.05, 0) is 31.9 Å². The van der Waals surface area contributed by atoms with Crippen LogP contribution in [-0.4, -0.2) is 36.7 Å². The van der Waals surface area contributed by atoms with E-state index in [0.29, 0.717) is 0 Å². The second-order valence-electron chi connectivity index (χ2n) is 4.97. The van der Waals surface area contributed by atoms with Gasteiger partial charge < -0.3 is 19.7 Å². The summed E-state index contributed by atoms with van der Waals surface area (Å²) in [7, 11) is 0. The van der Waals surface area contributed by atoms with Crippen LogP contribution in [0.3, 0.4) is 0 Å². The third kappa shape index (κ3) is 2.45. The van der Waals surface area contributed by atoms with Crippen LogP contribution in [0.4, 0.5) is 5.69 Å². The minimum Gasteiger partial charge on any atom is -0.454 e. The summed E-state index contributed by atoms with van der Waals surface area (Å²) >= 11 is 0. The summed E-state index contributed by atoms with van der Waals surface area (Å²) in [4.78, 5) is 14.1. The van der Waals surface area contributed by atoms with Gasteiger partial charge in [0, 0.05) is 24.8 Å². The Kier molecular flexibility index (Phi) is 3.19. The van der Waals surface area contributed by atoms with Gasteiger partial charge in [0.2, 0.25) is 12.7 Å². The highest BCUT2D eigenvalue weighted by molar-refractivity contribution is 5.84. The fourth-order valence-electron chi connectivity index (χ4n) is 2.51. The topological polar surface area (TPSA) is 50.8 Å². The molecule has 0 radical (unpaired) electrons.